The molecule has 1 aliphatic heterocycles. The van der Waals surface area contributed by atoms with E-state index in [9.17, 15) is 13.2 Å². The lowest BCUT2D eigenvalue weighted by Crippen LogP contribution is -2.24. The highest BCUT2D eigenvalue weighted by Gasteiger charge is 2.38. The van der Waals surface area contributed by atoms with Crippen molar-refractivity contribution in [3.63, 3.8) is 0 Å². The molecule has 9 heteroatoms. The van der Waals surface area contributed by atoms with E-state index in [2.05, 4.69) is 31.5 Å². The van der Waals surface area contributed by atoms with Crippen LogP contribution in [0.5, 0.6) is 5.88 Å². The van der Waals surface area contributed by atoms with E-state index in [1.54, 1.807) is 12.1 Å². The zero-order chi connectivity index (χ0) is 16.4. The van der Waals surface area contributed by atoms with Crippen LogP contribution in [-0.2, 0) is 6.18 Å². The third kappa shape index (κ3) is 3.61. The zero-order valence-electron chi connectivity index (χ0n) is 12.4. The molecular weight excluding hydrogens is 313 g/mol. The van der Waals surface area contributed by atoms with Crippen molar-refractivity contribution >= 4 is 0 Å². The van der Waals surface area contributed by atoms with Crippen LogP contribution in [0, 0.1) is 0 Å². The first-order valence-electron chi connectivity index (χ1n) is 7.22. The molecule has 23 heavy (non-hydrogen) atoms. The molecule has 3 rings (SSSR count). The first kappa shape index (κ1) is 15.7. The zero-order valence-corrected chi connectivity index (χ0v) is 12.4. The molecule has 3 heterocycles. The number of halogens is 3. The summed E-state index contributed by atoms with van der Waals surface area (Å²) in [6, 6.07) is 3.15. The summed E-state index contributed by atoms with van der Waals surface area (Å²) in [7, 11) is 0. The van der Waals surface area contributed by atoms with E-state index in [0.717, 1.165) is 26.1 Å². The molecule has 124 valence electrons. The fourth-order valence-electron chi connectivity index (χ4n) is 2.39. The van der Waals surface area contributed by atoms with Gasteiger partial charge < -0.3 is 9.26 Å². The Balaban J connectivity index is 1.66. The van der Waals surface area contributed by atoms with Crippen LogP contribution in [0.25, 0.3) is 11.4 Å². The van der Waals surface area contributed by atoms with E-state index in [1.165, 1.54) is 6.20 Å². The van der Waals surface area contributed by atoms with Crippen LogP contribution < -0.4 is 4.74 Å². The Morgan fingerprint density at radius 3 is 2.78 bits per heavy atom. The van der Waals surface area contributed by atoms with Crippen LogP contribution in [0.4, 0.5) is 13.2 Å². The predicted octanol–water partition coefficient (Wildman–Crippen LogP) is 2.62. The summed E-state index contributed by atoms with van der Waals surface area (Å²) in [5.41, 5.74) is 0.332. The predicted molar refractivity (Wildman–Crippen MR) is 73.7 cm³/mol. The molecule has 1 aliphatic rings. The van der Waals surface area contributed by atoms with E-state index in [0.29, 0.717) is 11.4 Å². The summed E-state index contributed by atoms with van der Waals surface area (Å²) < 4.78 is 47.3. The number of likely N-dealkylation sites (tertiary alicyclic amines) is 1. The first-order chi connectivity index (χ1) is 11.0. The van der Waals surface area contributed by atoms with Crippen LogP contribution in [0.2, 0.25) is 0 Å². The fourth-order valence-corrected chi connectivity index (χ4v) is 2.39. The molecule has 0 saturated carbocycles. The molecular formula is C14H15F3N4O2. The van der Waals surface area contributed by atoms with Crippen molar-refractivity contribution in [2.75, 3.05) is 19.6 Å². The van der Waals surface area contributed by atoms with Crippen LogP contribution in [-0.4, -0.2) is 45.8 Å². The van der Waals surface area contributed by atoms with Gasteiger partial charge in [0.15, 0.2) is 0 Å². The molecule has 6 nitrogen and oxygen atoms in total. The highest BCUT2D eigenvalue weighted by atomic mass is 19.4. The van der Waals surface area contributed by atoms with Gasteiger partial charge in [0, 0.05) is 30.9 Å². The maximum Gasteiger partial charge on any atom is 0.471 e. The maximum absolute atomic E-state index is 12.4. The van der Waals surface area contributed by atoms with Gasteiger partial charge in [-0.2, -0.15) is 18.2 Å². The summed E-state index contributed by atoms with van der Waals surface area (Å²) in [6.07, 6.45) is -2.28. The van der Waals surface area contributed by atoms with E-state index < -0.39 is 12.1 Å². The Morgan fingerprint density at radius 1 is 1.39 bits per heavy atom. The van der Waals surface area contributed by atoms with Crippen molar-refractivity contribution in [1.29, 1.82) is 0 Å². The van der Waals surface area contributed by atoms with Crippen molar-refractivity contribution in [3.8, 4) is 17.3 Å². The second kappa shape index (κ2) is 6.15. The second-order valence-electron chi connectivity index (χ2n) is 5.23. The number of rotatable bonds is 4. The molecule has 0 amide bonds. The minimum absolute atomic E-state index is 0.0790. The molecule has 0 bridgehead atoms. The molecule has 2 aromatic heterocycles. The van der Waals surface area contributed by atoms with Crippen molar-refractivity contribution in [1.82, 2.24) is 20.0 Å². The summed E-state index contributed by atoms with van der Waals surface area (Å²) in [4.78, 5) is 9.69. The van der Waals surface area contributed by atoms with Crippen molar-refractivity contribution in [3.05, 3.63) is 24.2 Å². The quantitative estimate of drug-likeness (QED) is 0.860. The van der Waals surface area contributed by atoms with Gasteiger partial charge in [0.05, 0.1) is 0 Å². The molecule has 0 unspecified atom stereocenters. The van der Waals surface area contributed by atoms with Crippen molar-refractivity contribution < 1.29 is 22.4 Å². The van der Waals surface area contributed by atoms with Gasteiger partial charge >= 0.3 is 12.1 Å². The molecule has 0 N–H and O–H groups in total. The van der Waals surface area contributed by atoms with Gasteiger partial charge in [-0.15, -0.1) is 0 Å². The third-order valence-corrected chi connectivity index (χ3v) is 3.63. The molecule has 1 saturated heterocycles. The van der Waals surface area contributed by atoms with Gasteiger partial charge in [0.25, 0.3) is 0 Å². The summed E-state index contributed by atoms with van der Waals surface area (Å²) in [5, 5.41) is 3.31. The summed E-state index contributed by atoms with van der Waals surface area (Å²) >= 11 is 0. The molecule has 0 spiro atoms. The Kier molecular flexibility index (Phi) is 4.20. The summed E-state index contributed by atoms with van der Waals surface area (Å²) in [5.74, 6) is -1.11. The highest BCUT2D eigenvalue weighted by Crippen LogP contribution is 2.29. The van der Waals surface area contributed by atoms with Crippen molar-refractivity contribution in [2.24, 2.45) is 0 Å². The van der Waals surface area contributed by atoms with Gasteiger partial charge in [-0.1, -0.05) is 12.1 Å². The number of likely N-dealkylation sites (N-methyl/N-ethyl adjacent to an activating group) is 1. The molecule has 0 aliphatic carbocycles. The van der Waals surface area contributed by atoms with Gasteiger partial charge in [0.2, 0.25) is 11.7 Å². The summed E-state index contributed by atoms with van der Waals surface area (Å²) in [6.45, 7) is 4.91. The lowest BCUT2D eigenvalue weighted by molar-refractivity contribution is -0.159. The lowest BCUT2D eigenvalue weighted by atomic mass is 10.2. The lowest BCUT2D eigenvalue weighted by Gasteiger charge is -2.14. The number of nitrogens with zero attached hydrogens (tertiary/aromatic N) is 4. The third-order valence-electron chi connectivity index (χ3n) is 3.63. The topological polar surface area (TPSA) is 64.3 Å². The Morgan fingerprint density at radius 2 is 2.22 bits per heavy atom. The Labute approximate surface area is 130 Å². The van der Waals surface area contributed by atoms with Gasteiger partial charge in [-0.3, -0.25) is 4.90 Å². The van der Waals surface area contributed by atoms with Crippen LogP contribution in [0.3, 0.4) is 0 Å². The number of hydrogen-bond donors (Lipinski definition) is 0. The molecule has 1 atom stereocenters. The van der Waals surface area contributed by atoms with Gasteiger partial charge in [-0.05, 0) is 19.0 Å². The molecule has 1 fully saturated rings. The normalized spacial score (nSPS) is 19.2. The average molecular weight is 328 g/mol. The number of pyridine rings is 1. The molecule has 2 aromatic rings. The van der Waals surface area contributed by atoms with Gasteiger partial charge in [0.1, 0.15) is 6.10 Å². The minimum atomic E-state index is -4.66. The van der Waals surface area contributed by atoms with E-state index >= 15 is 0 Å². The number of aromatic nitrogens is 3. The smallest absolute Gasteiger partial charge is 0.471 e. The number of ether oxygens (including phenoxy) is 1. The molecule has 0 aromatic carbocycles. The fraction of sp³-hybridized carbons (Fsp3) is 0.500. The Bertz CT molecular complexity index is 657. The van der Waals surface area contributed by atoms with E-state index in [4.69, 9.17) is 4.74 Å². The SMILES string of the molecule is CCN1CC[C@H](Oc2ccc(-c3noc(C(F)(F)F)n3)cn2)C1. The van der Waals surface area contributed by atoms with Crippen molar-refractivity contribution in [2.45, 2.75) is 25.6 Å². The second-order valence-corrected chi connectivity index (χ2v) is 5.23. The van der Waals surface area contributed by atoms with Gasteiger partial charge in [-0.25, -0.2) is 4.98 Å². The minimum Gasteiger partial charge on any atom is -0.473 e. The Hall–Kier alpha value is -2.16. The number of alkyl halides is 3. The van der Waals surface area contributed by atoms with E-state index in [1.807, 2.05) is 0 Å². The van der Waals surface area contributed by atoms with Crippen LogP contribution >= 0.6 is 0 Å². The average Bonchev–Trinajstić information content (AvgIpc) is 3.16. The van der Waals surface area contributed by atoms with Crippen LogP contribution in [0.15, 0.2) is 22.9 Å². The highest BCUT2D eigenvalue weighted by molar-refractivity contribution is 5.53. The monoisotopic (exact) mass is 328 g/mol. The molecule has 0 radical (unpaired) electrons. The van der Waals surface area contributed by atoms with E-state index in [-0.39, 0.29) is 11.9 Å². The maximum atomic E-state index is 12.4. The first-order valence-corrected chi connectivity index (χ1v) is 7.22. The standard InChI is InChI=1S/C14H15F3N4O2/c1-2-21-6-5-10(8-21)22-11-4-3-9(7-18-11)12-19-13(23-20-12)14(15,16)17/h3-4,7,10H,2,5-6,8H2,1H3/t10-/m0/s1. The van der Waals surface area contributed by atoms with Crippen LogP contribution in [0.1, 0.15) is 19.2 Å². The largest absolute Gasteiger partial charge is 0.473 e. The number of hydrogen-bond acceptors (Lipinski definition) is 6.